The largest absolute Gasteiger partial charge is 0.464 e. The topological polar surface area (TPSA) is 50.1 Å². The highest BCUT2D eigenvalue weighted by Gasteiger charge is 2.21. The molecule has 0 spiro atoms. The second kappa shape index (κ2) is 8.02. The molecule has 96 valence electrons. The molecule has 0 aliphatic rings. The van der Waals surface area contributed by atoms with E-state index in [0.717, 1.165) is 22.9 Å². The van der Waals surface area contributed by atoms with E-state index < -0.39 is 5.25 Å². The Morgan fingerprint density at radius 1 is 1.61 bits per heavy atom. The molecule has 0 aliphatic carbocycles. The van der Waals surface area contributed by atoms with Gasteiger partial charge in [-0.05, 0) is 30.7 Å². The number of thiocyanates is 1. The van der Waals surface area contributed by atoms with E-state index in [2.05, 4.69) is 0 Å². The number of hydrogen-bond donors (Lipinski definition) is 0. The summed E-state index contributed by atoms with van der Waals surface area (Å²) in [4.78, 5) is 11.7. The van der Waals surface area contributed by atoms with Gasteiger partial charge in [0.05, 0.1) is 5.88 Å². The number of carbonyl (C=O) groups is 1. The first-order valence-electron chi connectivity index (χ1n) is 5.50. The Morgan fingerprint density at radius 3 is 3.00 bits per heavy atom. The third-order valence-electron chi connectivity index (χ3n) is 2.28. The minimum atomic E-state index is -0.500. The van der Waals surface area contributed by atoms with Crippen molar-refractivity contribution in [3.05, 3.63) is 35.4 Å². The van der Waals surface area contributed by atoms with E-state index in [9.17, 15) is 4.79 Å². The average molecular weight is 284 g/mol. The van der Waals surface area contributed by atoms with Crippen molar-refractivity contribution in [3.63, 3.8) is 0 Å². The van der Waals surface area contributed by atoms with Crippen molar-refractivity contribution in [2.24, 2.45) is 0 Å². The van der Waals surface area contributed by atoms with Crippen LogP contribution >= 0.6 is 23.4 Å². The van der Waals surface area contributed by atoms with Crippen LogP contribution in [-0.4, -0.2) is 23.7 Å². The Bertz CT molecular complexity index is 445. The number of nitrogens with zero attached hydrogens (tertiary/aromatic N) is 1. The molecule has 0 saturated carbocycles. The number of alkyl halides is 1. The number of rotatable bonds is 6. The van der Waals surface area contributed by atoms with Gasteiger partial charge >= 0.3 is 5.97 Å². The van der Waals surface area contributed by atoms with Gasteiger partial charge < -0.3 is 4.74 Å². The minimum absolute atomic E-state index is 0.177. The standard InChI is InChI=1S/C13H14ClNO2S/c1-10-3-2-4-11(7-10)8-12(18-9-15)13(16)17-6-5-14/h2-4,7,12H,5-6,8H2,1H3. The maximum absolute atomic E-state index is 11.7. The summed E-state index contributed by atoms with van der Waals surface area (Å²) in [5, 5.41) is 10.2. The van der Waals surface area contributed by atoms with Gasteiger partial charge in [-0.15, -0.1) is 11.6 Å². The summed E-state index contributed by atoms with van der Waals surface area (Å²) < 4.78 is 4.97. The molecular formula is C13H14ClNO2S. The van der Waals surface area contributed by atoms with Gasteiger partial charge in [0, 0.05) is 0 Å². The molecule has 0 heterocycles. The first-order chi connectivity index (χ1) is 8.67. The Labute approximate surface area is 116 Å². The summed E-state index contributed by atoms with van der Waals surface area (Å²) in [6.45, 7) is 2.17. The fourth-order valence-electron chi connectivity index (χ4n) is 1.52. The molecule has 0 amide bonds. The van der Waals surface area contributed by atoms with Crippen LogP contribution in [0.2, 0.25) is 0 Å². The van der Waals surface area contributed by atoms with Gasteiger partial charge in [0.2, 0.25) is 0 Å². The Hall–Kier alpha value is -1.18. The van der Waals surface area contributed by atoms with Crippen molar-refractivity contribution in [1.29, 1.82) is 5.26 Å². The lowest BCUT2D eigenvalue weighted by Gasteiger charge is -2.12. The van der Waals surface area contributed by atoms with E-state index >= 15 is 0 Å². The monoisotopic (exact) mass is 283 g/mol. The van der Waals surface area contributed by atoms with E-state index in [1.54, 1.807) is 0 Å². The average Bonchev–Trinajstić information content (AvgIpc) is 2.35. The van der Waals surface area contributed by atoms with Gasteiger partial charge in [0.1, 0.15) is 17.3 Å². The van der Waals surface area contributed by atoms with Crippen LogP contribution in [0.1, 0.15) is 11.1 Å². The van der Waals surface area contributed by atoms with Crippen LogP contribution in [0.15, 0.2) is 24.3 Å². The van der Waals surface area contributed by atoms with E-state index in [1.807, 2.05) is 36.6 Å². The number of halogens is 1. The smallest absolute Gasteiger partial charge is 0.320 e. The molecule has 1 unspecified atom stereocenters. The van der Waals surface area contributed by atoms with Crippen LogP contribution in [0.4, 0.5) is 0 Å². The van der Waals surface area contributed by atoms with E-state index in [4.69, 9.17) is 21.6 Å². The number of hydrogen-bond acceptors (Lipinski definition) is 4. The quantitative estimate of drug-likeness (QED) is 0.458. The van der Waals surface area contributed by atoms with Crippen LogP contribution in [0, 0.1) is 17.6 Å². The van der Waals surface area contributed by atoms with Crippen LogP contribution in [0.3, 0.4) is 0 Å². The first-order valence-corrected chi connectivity index (χ1v) is 6.91. The van der Waals surface area contributed by atoms with E-state index in [0.29, 0.717) is 6.42 Å². The second-order valence-electron chi connectivity index (χ2n) is 3.75. The molecule has 5 heteroatoms. The molecule has 0 aliphatic heterocycles. The molecule has 3 nitrogen and oxygen atoms in total. The zero-order valence-corrected chi connectivity index (χ0v) is 11.6. The maximum atomic E-state index is 11.7. The molecule has 0 bridgehead atoms. The Morgan fingerprint density at radius 2 is 2.39 bits per heavy atom. The highest BCUT2D eigenvalue weighted by Crippen LogP contribution is 2.18. The summed E-state index contributed by atoms with van der Waals surface area (Å²) in [5.74, 6) is -0.121. The molecule has 0 radical (unpaired) electrons. The lowest BCUT2D eigenvalue weighted by atomic mass is 10.1. The molecule has 18 heavy (non-hydrogen) atoms. The SMILES string of the molecule is Cc1cccc(CC(SC#N)C(=O)OCCCl)c1. The van der Waals surface area contributed by atoms with Crippen molar-refractivity contribution in [2.45, 2.75) is 18.6 Å². The van der Waals surface area contributed by atoms with Gasteiger partial charge in [-0.25, -0.2) is 0 Å². The molecule has 1 atom stereocenters. The first kappa shape index (κ1) is 14.9. The number of nitriles is 1. The highest BCUT2D eigenvalue weighted by atomic mass is 35.5. The lowest BCUT2D eigenvalue weighted by Crippen LogP contribution is -2.23. The van der Waals surface area contributed by atoms with Gasteiger partial charge in [0.25, 0.3) is 0 Å². The van der Waals surface area contributed by atoms with Gasteiger partial charge in [-0.1, -0.05) is 29.8 Å². The van der Waals surface area contributed by atoms with Crippen LogP contribution < -0.4 is 0 Å². The lowest BCUT2D eigenvalue weighted by molar-refractivity contribution is -0.142. The summed E-state index contributed by atoms with van der Waals surface area (Å²) in [7, 11) is 0. The summed E-state index contributed by atoms with van der Waals surface area (Å²) >= 11 is 6.38. The molecule has 0 aromatic heterocycles. The van der Waals surface area contributed by atoms with Gasteiger partial charge in [0.15, 0.2) is 0 Å². The number of thioether (sulfide) groups is 1. The van der Waals surface area contributed by atoms with Crippen LogP contribution in [-0.2, 0) is 16.0 Å². The molecule has 1 rings (SSSR count). The highest BCUT2D eigenvalue weighted by molar-refractivity contribution is 8.04. The Balaban J connectivity index is 2.68. The fourth-order valence-corrected chi connectivity index (χ4v) is 2.17. The predicted octanol–water partition coefficient (Wildman–Crippen LogP) is 2.90. The molecule has 0 fully saturated rings. The molecule has 0 N–H and O–H groups in total. The minimum Gasteiger partial charge on any atom is -0.464 e. The molecule has 1 aromatic carbocycles. The molecular weight excluding hydrogens is 270 g/mol. The summed E-state index contributed by atoms with van der Waals surface area (Å²) in [6.07, 6.45) is 0.487. The fraction of sp³-hybridized carbons (Fsp3) is 0.385. The zero-order chi connectivity index (χ0) is 13.4. The van der Waals surface area contributed by atoms with Gasteiger partial charge in [-0.3, -0.25) is 4.79 Å². The zero-order valence-electron chi connectivity index (χ0n) is 10.1. The van der Waals surface area contributed by atoms with Crippen molar-refractivity contribution in [2.75, 3.05) is 12.5 Å². The maximum Gasteiger partial charge on any atom is 0.320 e. The third kappa shape index (κ3) is 4.99. The van der Waals surface area contributed by atoms with Crippen molar-refractivity contribution < 1.29 is 9.53 Å². The normalized spacial score (nSPS) is 11.6. The number of carbonyl (C=O) groups excluding carboxylic acids is 1. The van der Waals surface area contributed by atoms with Crippen molar-refractivity contribution >= 4 is 29.3 Å². The molecule has 0 saturated heterocycles. The van der Waals surface area contributed by atoms with Crippen LogP contribution in [0.25, 0.3) is 0 Å². The number of ether oxygens (including phenoxy) is 1. The van der Waals surface area contributed by atoms with Gasteiger partial charge in [-0.2, -0.15) is 5.26 Å². The Kier molecular flexibility index (Phi) is 6.63. The third-order valence-corrected chi connectivity index (χ3v) is 3.19. The van der Waals surface area contributed by atoms with E-state index in [1.165, 1.54) is 0 Å². The summed E-state index contributed by atoms with van der Waals surface area (Å²) in [5.41, 5.74) is 2.15. The van der Waals surface area contributed by atoms with Crippen LogP contribution in [0.5, 0.6) is 0 Å². The molecule has 1 aromatic rings. The number of aryl methyl sites for hydroxylation is 1. The number of benzene rings is 1. The number of esters is 1. The summed E-state index contributed by atoms with van der Waals surface area (Å²) in [6, 6.07) is 7.86. The van der Waals surface area contributed by atoms with Crippen molar-refractivity contribution in [1.82, 2.24) is 0 Å². The second-order valence-corrected chi connectivity index (χ2v) is 5.11. The van der Waals surface area contributed by atoms with E-state index in [-0.39, 0.29) is 18.5 Å². The predicted molar refractivity (Wildman–Crippen MR) is 73.6 cm³/mol. The van der Waals surface area contributed by atoms with Crippen molar-refractivity contribution in [3.8, 4) is 5.40 Å².